The van der Waals surface area contributed by atoms with Crippen molar-refractivity contribution in [3.63, 3.8) is 0 Å². The highest BCUT2D eigenvalue weighted by Gasteiger charge is 2.11. The molecule has 16 heavy (non-hydrogen) atoms. The van der Waals surface area contributed by atoms with Crippen molar-refractivity contribution in [1.82, 2.24) is 4.98 Å². The highest BCUT2D eigenvalue weighted by Crippen LogP contribution is 2.28. The van der Waals surface area contributed by atoms with Crippen LogP contribution in [0.5, 0.6) is 0 Å². The minimum absolute atomic E-state index is 0.485. The van der Waals surface area contributed by atoms with E-state index in [0.29, 0.717) is 16.3 Å². The van der Waals surface area contributed by atoms with Crippen molar-refractivity contribution in [2.75, 3.05) is 0 Å². The van der Waals surface area contributed by atoms with Gasteiger partial charge in [-0.2, -0.15) is 0 Å². The van der Waals surface area contributed by atoms with Gasteiger partial charge in [-0.1, -0.05) is 15.9 Å². The van der Waals surface area contributed by atoms with Crippen LogP contribution in [0, 0.1) is 0 Å². The maximum atomic E-state index is 5.59. The maximum Gasteiger partial charge on any atom is 0.263 e. The lowest BCUT2D eigenvalue weighted by molar-refractivity contribution is 0.518. The smallest absolute Gasteiger partial charge is 0.263 e. The van der Waals surface area contributed by atoms with E-state index in [9.17, 15) is 0 Å². The normalized spacial score (nSPS) is 11.1. The van der Waals surface area contributed by atoms with Crippen molar-refractivity contribution in [3.05, 3.63) is 39.5 Å². The lowest BCUT2D eigenvalue weighted by Crippen LogP contribution is -1.70. The molecule has 0 saturated carbocycles. The number of halogens is 2. The number of aromatic nitrogens is 1. The predicted molar refractivity (Wildman–Crippen MR) is 67.1 cm³/mol. The van der Waals surface area contributed by atoms with Crippen molar-refractivity contribution in [1.29, 1.82) is 0 Å². The Bertz CT molecular complexity index is 657. The second kappa shape index (κ2) is 3.75. The molecule has 0 N–H and O–H groups in total. The molecule has 0 radical (unpaired) electrons. The topological polar surface area (TPSA) is 39.2 Å². The van der Waals surface area contributed by atoms with E-state index in [-0.39, 0.29) is 0 Å². The monoisotopic (exact) mass is 341 g/mol. The molecule has 0 aliphatic heterocycles. The number of hydrogen-bond acceptors (Lipinski definition) is 3. The average Bonchev–Trinajstić information content (AvgIpc) is 2.83. The Morgan fingerprint density at radius 3 is 2.62 bits per heavy atom. The van der Waals surface area contributed by atoms with E-state index >= 15 is 0 Å². The van der Waals surface area contributed by atoms with Crippen LogP contribution in [0.3, 0.4) is 0 Å². The summed E-state index contributed by atoms with van der Waals surface area (Å²) in [4.78, 5) is 4.34. The predicted octanol–water partition coefficient (Wildman–Crippen LogP) is 4.61. The van der Waals surface area contributed by atoms with Gasteiger partial charge in [0, 0.05) is 4.47 Å². The Kier molecular flexibility index (Phi) is 2.37. The third kappa shape index (κ3) is 1.70. The molecule has 0 amide bonds. The summed E-state index contributed by atoms with van der Waals surface area (Å²) in [5.41, 5.74) is 1.54. The second-order valence-electron chi connectivity index (χ2n) is 3.23. The van der Waals surface area contributed by atoms with Crippen molar-refractivity contribution in [3.8, 4) is 11.7 Å². The van der Waals surface area contributed by atoms with Gasteiger partial charge in [-0.3, -0.25) is 0 Å². The molecule has 3 aromatic rings. The van der Waals surface area contributed by atoms with Crippen LogP contribution >= 0.6 is 31.9 Å². The summed E-state index contributed by atoms with van der Waals surface area (Å²) < 4.78 is 12.6. The van der Waals surface area contributed by atoms with Crippen LogP contribution in [0.15, 0.2) is 48.3 Å². The van der Waals surface area contributed by atoms with E-state index in [1.54, 1.807) is 6.07 Å². The van der Waals surface area contributed by atoms with Crippen LogP contribution in [0.2, 0.25) is 0 Å². The standard InChI is InChI=1S/C11H5Br2NO2/c12-6-1-2-7-9(5-6)16-11(14-7)8-3-4-10(13)15-8/h1-5H. The van der Waals surface area contributed by atoms with Gasteiger partial charge in [-0.15, -0.1) is 0 Å². The lowest BCUT2D eigenvalue weighted by Gasteiger charge is -1.87. The zero-order valence-corrected chi connectivity index (χ0v) is 11.1. The second-order valence-corrected chi connectivity index (χ2v) is 4.93. The molecule has 0 fully saturated rings. The Morgan fingerprint density at radius 2 is 1.88 bits per heavy atom. The Morgan fingerprint density at radius 1 is 1.00 bits per heavy atom. The molecule has 5 heteroatoms. The molecule has 80 valence electrons. The molecule has 0 atom stereocenters. The van der Waals surface area contributed by atoms with E-state index in [4.69, 9.17) is 8.83 Å². The summed E-state index contributed by atoms with van der Waals surface area (Å²) in [6.07, 6.45) is 0. The largest absolute Gasteiger partial charge is 0.444 e. The highest BCUT2D eigenvalue weighted by atomic mass is 79.9. The van der Waals surface area contributed by atoms with Gasteiger partial charge in [0.2, 0.25) is 0 Å². The molecule has 0 bridgehead atoms. The van der Waals surface area contributed by atoms with Crippen molar-refractivity contribution in [2.45, 2.75) is 0 Å². The molecule has 0 spiro atoms. The van der Waals surface area contributed by atoms with Gasteiger partial charge in [0.1, 0.15) is 5.52 Å². The van der Waals surface area contributed by atoms with Crippen LogP contribution in [-0.2, 0) is 0 Å². The summed E-state index contributed by atoms with van der Waals surface area (Å²) in [6.45, 7) is 0. The minimum atomic E-state index is 0.485. The summed E-state index contributed by atoms with van der Waals surface area (Å²) in [7, 11) is 0. The summed E-state index contributed by atoms with van der Waals surface area (Å²) in [5.74, 6) is 1.10. The number of fused-ring (bicyclic) bond motifs is 1. The van der Waals surface area contributed by atoms with E-state index in [1.807, 2.05) is 24.3 Å². The first-order chi connectivity index (χ1) is 7.72. The zero-order valence-electron chi connectivity index (χ0n) is 7.91. The van der Waals surface area contributed by atoms with Gasteiger partial charge in [-0.05, 0) is 46.3 Å². The molecule has 0 aliphatic carbocycles. The molecule has 3 rings (SSSR count). The summed E-state index contributed by atoms with van der Waals surface area (Å²) in [6, 6.07) is 9.31. The number of oxazole rings is 1. The SMILES string of the molecule is Brc1ccc2nc(-c3ccc(Br)o3)oc2c1. The lowest BCUT2D eigenvalue weighted by atomic mass is 10.3. The number of benzene rings is 1. The fourth-order valence-corrected chi connectivity index (χ4v) is 2.08. The maximum absolute atomic E-state index is 5.59. The first-order valence-electron chi connectivity index (χ1n) is 4.54. The third-order valence-corrected chi connectivity index (χ3v) is 3.05. The quantitative estimate of drug-likeness (QED) is 0.648. The van der Waals surface area contributed by atoms with Gasteiger partial charge in [-0.25, -0.2) is 4.98 Å². The van der Waals surface area contributed by atoms with E-state index in [0.717, 1.165) is 15.6 Å². The van der Waals surface area contributed by atoms with E-state index < -0.39 is 0 Å². The summed E-state index contributed by atoms with van der Waals surface area (Å²) in [5, 5.41) is 0. The molecule has 1 aromatic carbocycles. The van der Waals surface area contributed by atoms with Gasteiger partial charge in [0.15, 0.2) is 16.0 Å². The number of nitrogens with zero attached hydrogens (tertiary/aromatic N) is 1. The van der Waals surface area contributed by atoms with Crippen LogP contribution in [-0.4, -0.2) is 4.98 Å². The fourth-order valence-electron chi connectivity index (χ4n) is 1.43. The van der Waals surface area contributed by atoms with Crippen molar-refractivity contribution >= 4 is 43.0 Å². The Hall–Kier alpha value is -1.07. The number of hydrogen-bond donors (Lipinski definition) is 0. The van der Waals surface area contributed by atoms with Crippen LogP contribution < -0.4 is 0 Å². The van der Waals surface area contributed by atoms with E-state index in [2.05, 4.69) is 36.8 Å². The number of furan rings is 1. The Balaban J connectivity index is 2.18. The van der Waals surface area contributed by atoms with Crippen LogP contribution in [0.1, 0.15) is 0 Å². The molecular formula is C11H5Br2NO2. The highest BCUT2D eigenvalue weighted by molar-refractivity contribution is 9.10. The molecule has 2 heterocycles. The molecule has 3 nitrogen and oxygen atoms in total. The van der Waals surface area contributed by atoms with Crippen molar-refractivity contribution in [2.24, 2.45) is 0 Å². The van der Waals surface area contributed by atoms with Gasteiger partial charge >= 0.3 is 0 Å². The van der Waals surface area contributed by atoms with Crippen molar-refractivity contribution < 1.29 is 8.83 Å². The van der Waals surface area contributed by atoms with Gasteiger partial charge in [0.25, 0.3) is 5.89 Å². The first-order valence-corrected chi connectivity index (χ1v) is 6.13. The molecule has 0 unspecified atom stereocenters. The third-order valence-electron chi connectivity index (χ3n) is 2.13. The fraction of sp³-hybridized carbons (Fsp3) is 0. The molecule has 2 aromatic heterocycles. The average molecular weight is 343 g/mol. The van der Waals surface area contributed by atoms with Crippen LogP contribution in [0.25, 0.3) is 22.8 Å². The first kappa shape index (κ1) is 10.1. The van der Waals surface area contributed by atoms with Gasteiger partial charge < -0.3 is 8.83 Å². The molecule has 0 saturated heterocycles. The Labute approximate surface area is 108 Å². The zero-order chi connectivity index (χ0) is 11.1. The van der Waals surface area contributed by atoms with Gasteiger partial charge in [0.05, 0.1) is 0 Å². The summed E-state index contributed by atoms with van der Waals surface area (Å²) >= 11 is 6.62. The van der Waals surface area contributed by atoms with Crippen LogP contribution in [0.4, 0.5) is 0 Å². The molecular weight excluding hydrogens is 338 g/mol. The molecule has 0 aliphatic rings. The number of rotatable bonds is 1. The minimum Gasteiger partial charge on any atom is -0.444 e. The van der Waals surface area contributed by atoms with E-state index in [1.165, 1.54) is 0 Å².